The van der Waals surface area contributed by atoms with Crippen molar-refractivity contribution in [2.45, 2.75) is 45.4 Å². The molecule has 0 spiro atoms. The van der Waals surface area contributed by atoms with E-state index in [1.807, 2.05) is 6.08 Å². The fraction of sp³-hybridized carbons (Fsp3) is 0.600. The van der Waals surface area contributed by atoms with E-state index in [2.05, 4.69) is 37.8 Å². The van der Waals surface area contributed by atoms with Gasteiger partial charge in [-0.25, -0.2) is 0 Å². The Hall–Kier alpha value is -0.780. The minimum atomic E-state index is 0.611. The molecule has 84 valence electrons. The third kappa shape index (κ3) is 5.01. The van der Waals surface area contributed by atoms with Gasteiger partial charge < -0.3 is 0 Å². The van der Waals surface area contributed by atoms with Gasteiger partial charge in [0.25, 0.3) is 0 Å². The Morgan fingerprint density at radius 2 is 2.00 bits per heavy atom. The lowest BCUT2D eigenvalue weighted by Crippen LogP contribution is -1.91. The Bertz CT molecular complexity index is 222. The van der Waals surface area contributed by atoms with Crippen LogP contribution >= 0.6 is 0 Å². The molecular formula is C15H24. The summed E-state index contributed by atoms with van der Waals surface area (Å²) in [6.07, 6.45) is 19.3. The lowest BCUT2D eigenvalue weighted by Gasteiger charge is -2.03. The summed E-state index contributed by atoms with van der Waals surface area (Å²) in [5, 5.41) is 0. The summed E-state index contributed by atoms with van der Waals surface area (Å²) in [5.74, 6) is 1.28. The standard InChI is InChI=1S/C15H24/c1-3-5-6-7-8-9-10-15-12-11-14(4-2)13-15/h4,9-12,14-15H,2-3,5-8,13H2,1H3/b10-9+. The predicted octanol–water partition coefficient (Wildman–Crippen LogP) is 4.89. The van der Waals surface area contributed by atoms with Crippen molar-refractivity contribution in [1.29, 1.82) is 0 Å². The summed E-state index contributed by atoms with van der Waals surface area (Å²) in [6.45, 7) is 6.09. The number of unbranched alkanes of at least 4 members (excludes halogenated alkanes) is 4. The van der Waals surface area contributed by atoms with Crippen LogP contribution in [0.1, 0.15) is 45.4 Å². The molecule has 0 nitrogen and oxygen atoms in total. The Morgan fingerprint density at radius 3 is 2.67 bits per heavy atom. The summed E-state index contributed by atoms with van der Waals surface area (Å²) in [4.78, 5) is 0. The van der Waals surface area contributed by atoms with Gasteiger partial charge in [-0.15, -0.1) is 6.58 Å². The normalized spacial score (nSPS) is 25.1. The quantitative estimate of drug-likeness (QED) is 0.409. The van der Waals surface area contributed by atoms with E-state index in [0.29, 0.717) is 11.8 Å². The zero-order chi connectivity index (χ0) is 10.9. The van der Waals surface area contributed by atoms with Crippen molar-refractivity contribution in [2.75, 3.05) is 0 Å². The number of hydrogen-bond acceptors (Lipinski definition) is 0. The van der Waals surface area contributed by atoms with Crippen molar-refractivity contribution in [2.24, 2.45) is 11.8 Å². The van der Waals surface area contributed by atoms with Gasteiger partial charge in [0.2, 0.25) is 0 Å². The second kappa shape index (κ2) is 7.50. The first-order valence-corrected chi connectivity index (χ1v) is 6.34. The molecular weight excluding hydrogens is 180 g/mol. The molecule has 1 aliphatic rings. The lowest BCUT2D eigenvalue weighted by atomic mass is 10.0. The van der Waals surface area contributed by atoms with Crippen LogP contribution in [0.3, 0.4) is 0 Å². The van der Waals surface area contributed by atoms with E-state index >= 15 is 0 Å². The maximum Gasteiger partial charge on any atom is -0.00447 e. The van der Waals surface area contributed by atoms with Crippen molar-refractivity contribution in [3.63, 3.8) is 0 Å². The Labute approximate surface area is 94.8 Å². The molecule has 0 aromatic carbocycles. The number of rotatable bonds is 7. The fourth-order valence-corrected chi connectivity index (χ4v) is 2.03. The zero-order valence-corrected chi connectivity index (χ0v) is 9.99. The Kier molecular flexibility index (Phi) is 6.15. The van der Waals surface area contributed by atoms with Crippen LogP contribution in [0, 0.1) is 11.8 Å². The lowest BCUT2D eigenvalue weighted by molar-refractivity contribution is 0.661. The van der Waals surface area contributed by atoms with Crippen LogP contribution in [-0.4, -0.2) is 0 Å². The van der Waals surface area contributed by atoms with Crippen LogP contribution in [0.5, 0.6) is 0 Å². The highest BCUT2D eigenvalue weighted by atomic mass is 14.2. The third-order valence-electron chi connectivity index (χ3n) is 3.06. The first kappa shape index (κ1) is 12.3. The van der Waals surface area contributed by atoms with Gasteiger partial charge in [-0.3, -0.25) is 0 Å². The molecule has 0 heteroatoms. The van der Waals surface area contributed by atoms with E-state index in [9.17, 15) is 0 Å². The second-order valence-electron chi connectivity index (χ2n) is 4.46. The minimum absolute atomic E-state index is 0.611. The Morgan fingerprint density at radius 1 is 1.20 bits per heavy atom. The van der Waals surface area contributed by atoms with E-state index in [1.54, 1.807) is 0 Å². The van der Waals surface area contributed by atoms with Crippen molar-refractivity contribution in [3.05, 3.63) is 37.0 Å². The zero-order valence-electron chi connectivity index (χ0n) is 9.99. The summed E-state index contributed by atoms with van der Waals surface area (Å²) in [6, 6.07) is 0. The van der Waals surface area contributed by atoms with E-state index < -0.39 is 0 Å². The van der Waals surface area contributed by atoms with E-state index in [0.717, 1.165) is 0 Å². The smallest absolute Gasteiger partial charge is 0.00447 e. The largest absolute Gasteiger partial charge is 0.102 e. The molecule has 1 rings (SSSR count). The predicted molar refractivity (Wildman–Crippen MR) is 68.8 cm³/mol. The summed E-state index contributed by atoms with van der Waals surface area (Å²) >= 11 is 0. The van der Waals surface area contributed by atoms with Gasteiger partial charge >= 0.3 is 0 Å². The van der Waals surface area contributed by atoms with E-state index in [-0.39, 0.29) is 0 Å². The number of hydrogen-bond donors (Lipinski definition) is 0. The van der Waals surface area contributed by atoms with Gasteiger partial charge in [0.15, 0.2) is 0 Å². The summed E-state index contributed by atoms with van der Waals surface area (Å²) in [5.41, 5.74) is 0. The SMILES string of the molecule is C=CC1C=CC(/C=C/CCCCCC)C1. The van der Waals surface area contributed by atoms with Gasteiger partial charge in [0.1, 0.15) is 0 Å². The fourth-order valence-electron chi connectivity index (χ4n) is 2.03. The molecule has 0 aromatic heterocycles. The average Bonchev–Trinajstić information content (AvgIpc) is 2.71. The molecule has 1 aliphatic carbocycles. The molecule has 0 amide bonds. The van der Waals surface area contributed by atoms with Crippen molar-refractivity contribution in [3.8, 4) is 0 Å². The first-order chi connectivity index (χ1) is 7.36. The highest BCUT2D eigenvalue weighted by Gasteiger charge is 2.12. The van der Waals surface area contributed by atoms with E-state index in [1.165, 1.54) is 38.5 Å². The van der Waals surface area contributed by atoms with Gasteiger partial charge in [-0.1, -0.05) is 56.6 Å². The highest BCUT2D eigenvalue weighted by Crippen LogP contribution is 2.25. The maximum absolute atomic E-state index is 3.83. The minimum Gasteiger partial charge on any atom is -0.102 e. The highest BCUT2D eigenvalue weighted by molar-refractivity contribution is 5.13. The van der Waals surface area contributed by atoms with Crippen LogP contribution in [0.25, 0.3) is 0 Å². The van der Waals surface area contributed by atoms with Crippen LogP contribution in [0.2, 0.25) is 0 Å². The topological polar surface area (TPSA) is 0 Å². The molecule has 0 fully saturated rings. The number of allylic oxidation sites excluding steroid dienone is 5. The molecule has 0 radical (unpaired) electrons. The second-order valence-corrected chi connectivity index (χ2v) is 4.46. The molecule has 0 aliphatic heterocycles. The van der Waals surface area contributed by atoms with Gasteiger partial charge in [-0.2, -0.15) is 0 Å². The van der Waals surface area contributed by atoms with E-state index in [4.69, 9.17) is 0 Å². The molecule has 15 heavy (non-hydrogen) atoms. The molecule has 2 unspecified atom stereocenters. The summed E-state index contributed by atoms with van der Waals surface area (Å²) < 4.78 is 0. The molecule has 2 atom stereocenters. The van der Waals surface area contributed by atoms with Gasteiger partial charge in [-0.05, 0) is 31.1 Å². The van der Waals surface area contributed by atoms with Crippen molar-refractivity contribution < 1.29 is 0 Å². The molecule has 0 bridgehead atoms. The molecule has 0 saturated carbocycles. The molecule has 0 heterocycles. The summed E-state index contributed by atoms with van der Waals surface area (Å²) in [7, 11) is 0. The first-order valence-electron chi connectivity index (χ1n) is 6.34. The maximum atomic E-state index is 3.83. The van der Waals surface area contributed by atoms with Crippen molar-refractivity contribution >= 4 is 0 Å². The van der Waals surface area contributed by atoms with Crippen LogP contribution < -0.4 is 0 Å². The average molecular weight is 204 g/mol. The van der Waals surface area contributed by atoms with Gasteiger partial charge in [0, 0.05) is 0 Å². The van der Waals surface area contributed by atoms with Crippen LogP contribution in [-0.2, 0) is 0 Å². The van der Waals surface area contributed by atoms with Crippen LogP contribution in [0.4, 0.5) is 0 Å². The molecule has 0 aromatic rings. The third-order valence-corrected chi connectivity index (χ3v) is 3.06. The van der Waals surface area contributed by atoms with Crippen LogP contribution in [0.15, 0.2) is 37.0 Å². The van der Waals surface area contributed by atoms with Gasteiger partial charge in [0.05, 0.1) is 0 Å². The van der Waals surface area contributed by atoms with Crippen molar-refractivity contribution in [1.82, 2.24) is 0 Å². The Balaban J connectivity index is 2.06. The molecule has 0 saturated heterocycles. The molecule has 0 N–H and O–H groups in total. The monoisotopic (exact) mass is 204 g/mol.